The van der Waals surface area contributed by atoms with E-state index in [2.05, 4.69) is 15.9 Å². The van der Waals surface area contributed by atoms with Crippen molar-refractivity contribution in [1.29, 1.82) is 0 Å². The van der Waals surface area contributed by atoms with Gasteiger partial charge in [0.05, 0.1) is 4.47 Å². The van der Waals surface area contributed by atoms with Crippen LogP contribution >= 0.6 is 15.9 Å². The van der Waals surface area contributed by atoms with E-state index in [1.54, 1.807) is 6.07 Å². The summed E-state index contributed by atoms with van der Waals surface area (Å²) < 4.78 is 10.4. The van der Waals surface area contributed by atoms with Crippen molar-refractivity contribution in [3.05, 3.63) is 38.7 Å². The molecule has 18 heavy (non-hydrogen) atoms. The molecule has 2 aromatic rings. The fourth-order valence-electron chi connectivity index (χ4n) is 1.52. The fourth-order valence-corrected chi connectivity index (χ4v) is 1.94. The number of hydrogen-bond acceptors (Lipinski definition) is 5. The van der Waals surface area contributed by atoms with Crippen molar-refractivity contribution >= 4 is 39.2 Å². The molecule has 0 aliphatic rings. The van der Waals surface area contributed by atoms with E-state index in [-0.39, 0.29) is 16.9 Å². The molecular weight excluding hydrogens is 304 g/mol. The van der Waals surface area contributed by atoms with E-state index in [9.17, 15) is 14.4 Å². The second-order valence-electron chi connectivity index (χ2n) is 3.51. The van der Waals surface area contributed by atoms with Crippen molar-refractivity contribution in [3.8, 4) is 5.75 Å². The van der Waals surface area contributed by atoms with Crippen LogP contribution in [0.4, 0.5) is 0 Å². The summed E-state index contributed by atoms with van der Waals surface area (Å²) in [5.41, 5.74) is -0.235. The third kappa shape index (κ3) is 2.33. The molecule has 1 aromatic heterocycles. The van der Waals surface area contributed by atoms with E-state index in [0.717, 1.165) is 6.07 Å². The largest absolute Gasteiger partial charge is 0.425 e. The van der Waals surface area contributed by atoms with Gasteiger partial charge in [-0.1, -0.05) is 0 Å². The molecule has 0 fully saturated rings. The number of carbonyl (C=O) groups excluding carboxylic acids is 2. The van der Waals surface area contributed by atoms with Gasteiger partial charge in [-0.2, -0.15) is 0 Å². The maximum Gasteiger partial charge on any atom is 0.336 e. The van der Waals surface area contributed by atoms with Gasteiger partial charge in [-0.05, 0) is 22.0 Å². The predicted octanol–water partition coefficient (Wildman–Crippen LogP) is 2.29. The third-order valence-electron chi connectivity index (χ3n) is 2.21. The average Bonchev–Trinajstić information content (AvgIpc) is 2.29. The van der Waals surface area contributed by atoms with E-state index in [0.29, 0.717) is 16.1 Å². The number of halogens is 1. The molecule has 0 aliphatic carbocycles. The number of ether oxygens (including phenoxy) is 1. The summed E-state index contributed by atoms with van der Waals surface area (Å²) in [6.45, 7) is 1.26. The molecule has 0 aliphatic heterocycles. The summed E-state index contributed by atoms with van der Waals surface area (Å²) in [6.07, 6.45) is 0.567. The third-order valence-corrected chi connectivity index (χ3v) is 2.83. The summed E-state index contributed by atoms with van der Waals surface area (Å²) in [7, 11) is 0. The molecule has 2 rings (SSSR count). The maximum absolute atomic E-state index is 11.2. The number of aldehydes is 1. The molecule has 0 N–H and O–H groups in total. The SMILES string of the molecule is CC(=O)Oc1cc2oc(=O)cc(C=O)c2cc1Br. The zero-order chi connectivity index (χ0) is 13.3. The Labute approximate surface area is 109 Å². The number of rotatable bonds is 2. The number of fused-ring (bicyclic) bond motifs is 1. The van der Waals surface area contributed by atoms with Crippen LogP contribution in [-0.2, 0) is 4.79 Å². The van der Waals surface area contributed by atoms with Crippen molar-refractivity contribution in [2.45, 2.75) is 6.92 Å². The molecule has 0 radical (unpaired) electrons. The van der Waals surface area contributed by atoms with Crippen molar-refractivity contribution in [1.82, 2.24) is 0 Å². The normalized spacial score (nSPS) is 10.3. The lowest BCUT2D eigenvalue weighted by Gasteiger charge is -2.06. The van der Waals surface area contributed by atoms with Gasteiger partial charge >= 0.3 is 11.6 Å². The van der Waals surface area contributed by atoms with Crippen LogP contribution in [-0.4, -0.2) is 12.3 Å². The first-order valence-corrected chi connectivity index (χ1v) is 5.71. The minimum absolute atomic E-state index is 0.184. The van der Waals surface area contributed by atoms with Gasteiger partial charge < -0.3 is 9.15 Å². The van der Waals surface area contributed by atoms with Crippen LogP contribution in [0.2, 0.25) is 0 Å². The standard InChI is InChI=1S/C12H7BrO5/c1-6(15)17-11-4-10-8(3-9(11)13)7(5-14)2-12(16)18-10/h2-5H,1H3. The first kappa shape index (κ1) is 12.5. The highest BCUT2D eigenvalue weighted by Gasteiger charge is 2.11. The first-order valence-electron chi connectivity index (χ1n) is 4.92. The molecule has 0 spiro atoms. The number of carbonyl (C=O) groups is 2. The van der Waals surface area contributed by atoms with Crippen molar-refractivity contribution < 1.29 is 18.7 Å². The first-order chi connectivity index (χ1) is 8.51. The van der Waals surface area contributed by atoms with Crippen LogP contribution in [0.5, 0.6) is 5.75 Å². The molecule has 0 atom stereocenters. The Balaban J connectivity index is 2.75. The smallest absolute Gasteiger partial charge is 0.336 e. The minimum Gasteiger partial charge on any atom is -0.425 e. The number of benzene rings is 1. The highest BCUT2D eigenvalue weighted by Crippen LogP contribution is 2.31. The van der Waals surface area contributed by atoms with Gasteiger partial charge in [-0.25, -0.2) is 4.79 Å². The molecule has 0 saturated carbocycles. The number of esters is 1. The second-order valence-corrected chi connectivity index (χ2v) is 4.37. The Morgan fingerprint density at radius 2 is 2.11 bits per heavy atom. The van der Waals surface area contributed by atoms with Crippen LogP contribution < -0.4 is 10.4 Å². The van der Waals surface area contributed by atoms with E-state index in [1.807, 2.05) is 0 Å². The minimum atomic E-state index is -0.638. The lowest BCUT2D eigenvalue weighted by molar-refractivity contribution is -0.131. The van der Waals surface area contributed by atoms with Crippen LogP contribution in [0.15, 0.2) is 31.9 Å². The van der Waals surface area contributed by atoms with Crippen molar-refractivity contribution in [2.75, 3.05) is 0 Å². The summed E-state index contributed by atoms with van der Waals surface area (Å²) in [5, 5.41) is 0.465. The van der Waals surface area contributed by atoms with E-state index < -0.39 is 11.6 Å². The van der Waals surface area contributed by atoms with E-state index in [4.69, 9.17) is 9.15 Å². The Bertz CT molecular complexity index is 701. The van der Waals surface area contributed by atoms with Gasteiger partial charge in [-0.15, -0.1) is 0 Å². The highest BCUT2D eigenvalue weighted by atomic mass is 79.9. The Morgan fingerprint density at radius 3 is 2.72 bits per heavy atom. The fraction of sp³-hybridized carbons (Fsp3) is 0.0833. The Hall–Kier alpha value is -1.95. The van der Waals surface area contributed by atoms with Crippen LogP contribution in [0.3, 0.4) is 0 Å². The van der Waals surface area contributed by atoms with E-state index >= 15 is 0 Å². The zero-order valence-corrected chi connectivity index (χ0v) is 10.8. The van der Waals surface area contributed by atoms with Crippen molar-refractivity contribution in [3.63, 3.8) is 0 Å². The monoisotopic (exact) mass is 310 g/mol. The molecule has 1 heterocycles. The topological polar surface area (TPSA) is 73.6 Å². The summed E-state index contributed by atoms with van der Waals surface area (Å²) in [5.74, 6) is -0.273. The van der Waals surface area contributed by atoms with Gasteiger partial charge in [0, 0.05) is 30.0 Å². The van der Waals surface area contributed by atoms with Crippen LogP contribution in [0.1, 0.15) is 17.3 Å². The molecule has 0 bridgehead atoms. The lowest BCUT2D eigenvalue weighted by atomic mass is 10.1. The molecule has 5 nitrogen and oxygen atoms in total. The summed E-state index contributed by atoms with van der Waals surface area (Å²) >= 11 is 3.21. The van der Waals surface area contributed by atoms with Gasteiger partial charge in [0.25, 0.3) is 0 Å². The van der Waals surface area contributed by atoms with Gasteiger partial charge in [0.1, 0.15) is 11.3 Å². The number of hydrogen-bond donors (Lipinski definition) is 0. The molecule has 6 heteroatoms. The quantitative estimate of drug-likeness (QED) is 0.368. The molecule has 0 unspecified atom stereocenters. The molecule has 0 saturated heterocycles. The summed E-state index contributed by atoms with van der Waals surface area (Å²) in [4.78, 5) is 33.0. The molecular formula is C12H7BrO5. The van der Waals surface area contributed by atoms with Crippen LogP contribution in [0, 0.1) is 0 Å². The Kier molecular flexibility index (Phi) is 3.29. The van der Waals surface area contributed by atoms with E-state index in [1.165, 1.54) is 13.0 Å². The maximum atomic E-state index is 11.2. The highest BCUT2D eigenvalue weighted by molar-refractivity contribution is 9.10. The zero-order valence-electron chi connectivity index (χ0n) is 9.23. The Morgan fingerprint density at radius 1 is 1.39 bits per heavy atom. The summed E-state index contributed by atoms with van der Waals surface area (Å²) in [6, 6.07) is 4.04. The predicted molar refractivity (Wildman–Crippen MR) is 66.9 cm³/mol. The molecule has 92 valence electrons. The van der Waals surface area contributed by atoms with Crippen molar-refractivity contribution in [2.24, 2.45) is 0 Å². The van der Waals surface area contributed by atoms with Gasteiger partial charge in [-0.3, -0.25) is 9.59 Å². The van der Waals surface area contributed by atoms with Gasteiger partial charge in [0.2, 0.25) is 0 Å². The second kappa shape index (κ2) is 4.73. The lowest BCUT2D eigenvalue weighted by Crippen LogP contribution is -2.04. The average molecular weight is 311 g/mol. The van der Waals surface area contributed by atoms with Gasteiger partial charge in [0.15, 0.2) is 6.29 Å². The molecule has 0 amide bonds. The molecule has 1 aromatic carbocycles. The van der Waals surface area contributed by atoms with Crippen LogP contribution in [0.25, 0.3) is 11.0 Å².